The summed E-state index contributed by atoms with van der Waals surface area (Å²) in [6, 6.07) is 9.79. The van der Waals surface area contributed by atoms with Crippen molar-refractivity contribution in [3.05, 3.63) is 72.2 Å². The highest BCUT2D eigenvalue weighted by molar-refractivity contribution is 5.91. The van der Waals surface area contributed by atoms with E-state index >= 15 is 0 Å². The number of halogens is 3. The molecule has 2 unspecified atom stereocenters. The van der Waals surface area contributed by atoms with Gasteiger partial charge in [-0.25, -0.2) is 0 Å². The molecule has 2 atom stereocenters. The summed E-state index contributed by atoms with van der Waals surface area (Å²) in [6.07, 6.45) is 5.45. The Bertz CT molecular complexity index is 1110. The molecule has 5 rings (SSSR count). The summed E-state index contributed by atoms with van der Waals surface area (Å²) >= 11 is 0. The number of aromatic nitrogens is 2. The normalized spacial score (nSPS) is 21.7. The van der Waals surface area contributed by atoms with Gasteiger partial charge in [0, 0.05) is 48.8 Å². The third kappa shape index (κ3) is 3.81. The third-order valence-electron chi connectivity index (χ3n) is 6.39. The molecule has 1 aromatic carbocycles. The van der Waals surface area contributed by atoms with Crippen molar-refractivity contribution in [3.8, 4) is 22.4 Å². The molecule has 2 aromatic heterocycles. The number of hydrogen-bond acceptors (Lipinski definition) is 2. The molecule has 3 aromatic rings. The first-order valence-corrected chi connectivity index (χ1v) is 10.6. The Balaban J connectivity index is 1.63. The van der Waals surface area contributed by atoms with E-state index in [9.17, 15) is 13.2 Å². The zero-order valence-electron chi connectivity index (χ0n) is 17.3. The van der Waals surface area contributed by atoms with Crippen molar-refractivity contribution in [1.82, 2.24) is 14.9 Å². The Morgan fingerprint density at radius 2 is 1.90 bits per heavy atom. The smallest absolute Gasteiger partial charge is 0.360 e. The van der Waals surface area contributed by atoms with E-state index in [4.69, 9.17) is 0 Å². The third-order valence-corrected chi connectivity index (χ3v) is 6.39. The molecule has 0 amide bonds. The summed E-state index contributed by atoms with van der Waals surface area (Å²) in [5.41, 5.74) is 4.80. The van der Waals surface area contributed by atoms with Gasteiger partial charge in [-0.3, -0.25) is 9.88 Å². The predicted octanol–water partition coefficient (Wildman–Crippen LogP) is 6.26. The fourth-order valence-corrected chi connectivity index (χ4v) is 4.98. The van der Waals surface area contributed by atoms with Crippen molar-refractivity contribution in [1.29, 1.82) is 0 Å². The van der Waals surface area contributed by atoms with E-state index in [2.05, 4.69) is 27.9 Å². The Hall–Kier alpha value is -2.86. The summed E-state index contributed by atoms with van der Waals surface area (Å²) in [4.78, 5) is 9.94. The number of alkyl halides is 3. The Morgan fingerprint density at radius 3 is 2.68 bits per heavy atom. The number of pyridine rings is 1. The van der Waals surface area contributed by atoms with Gasteiger partial charge in [0.15, 0.2) is 0 Å². The van der Waals surface area contributed by atoms with Gasteiger partial charge < -0.3 is 4.98 Å². The standard InChI is InChI=1S/C25H24F3N3/c1-16-11-21-13-18(7-10-31(21)15-16)22-14-30-24(23(22)17-5-8-29-9-6-17)19-3-2-4-20(12-19)25(26,27)28/h2-6,8-9,12-14,16,21,30H,7,10-11,15H2,1H3. The molecule has 0 saturated carbocycles. The van der Waals surface area contributed by atoms with Crippen LogP contribution in [0, 0.1) is 5.92 Å². The Labute approximate surface area is 179 Å². The first-order chi connectivity index (χ1) is 14.9. The molecule has 31 heavy (non-hydrogen) atoms. The van der Waals surface area contributed by atoms with Crippen molar-refractivity contribution in [2.45, 2.75) is 32.0 Å². The molecule has 0 bridgehead atoms. The minimum Gasteiger partial charge on any atom is -0.360 e. The molecule has 4 heterocycles. The largest absolute Gasteiger partial charge is 0.416 e. The van der Waals surface area contributed by atoms with Crippen LogP contribution in [-0.4, -0.2) is 34.0 Å². The van der Waals surface area contributed by atoms with E-state index in [-0.39, 0.29) is 0 Å². The lowest BCUT2D eigenvalue weighted by Gasteiger charge is -2.28. The first kappa shape index (κ1) is 20.1. The molecule has 0 aliphatic carbocycles. The van der Waals surface area contributed by atoms with E-state index in [0.717, 1.165) is 48.7 Å². The molecule has 0 radical (unpaired) electrons. The van der Waals surface area contributed by atoms with Crippen LogP contribution in [0.4, 0.5) is 13.2 Å². The maximum absolute atomic E-state index is 13.3. The molecular weight excluding hydrogens is 399 g/mol. The highest BCUT2D eigenvalue weighted by atomic mass is 19.4. The van der Waals surface area contributed by atoms with Crippen molar-refractivity contribution in [2.75, 3.05) is 13.1 Å². The van der Waals surface area contributed by atoms with Crippen molar-refractivity contribution in [3.63, 3.8) is 0 Å². The van der Waals surface area contributed by atoms with Crippen LogP contribution in [0.2, 0.25) is 0 Å². The number of H-pyrrole nitrogens is 1. The average Bonchev–Trinajstić information content (AvgIpc) is 3.36. The molecular formula is C25H24F3N3. The van der Waals surface area contributed by atoms with Crippen LogP contribution in [0.15, 0.2) is 61.1 Å². The van der Waals surface area contributed by atoms with Crippen LogP contribution in [0.5, 0.6) is 0 Å². The fraction of sp³-hybridized carbons (Fsp3) is 0.320. The second-order valence-corrected chi connectivity index (χ2v) is 8.61. The van der Waals surface area contributed by atoms with Gasteiger partial charge in [-0.15, -0.1) is 0 Å². The average molecular weight is 423 g/mol. The molecule has 1 fully saturated rings. The molecule has 0 spiro atoms. The summed E-state index contributed by atoms with van der Waals surface area (Å²) in [7, 11) is 0. The van der Waals surface area contributed by atoms with Crippen molar-refractivity contribution < 1.29 is 13.2 Å². The lowest BCUT2D eigenvalue weighted by atomic mass is 9.90. The zero-order chi connectivity index (χ0) is 21.6. The van der Waals surface area contributed by atoms with Gasteiger partial charge in [0.25, 0.3) is 0 Å². The Morgan fingerprint density at radius 1 is 1.10 bits per heavy atom. The van der Waals surface area contributed by atoms with E-state index in [0.29, 0.717) is 23.2 Å². The fourth-order valence-electron chi connectivity index (χ4n) is 4.98. The topological polar surface area (TPSA) is 31.9 Å². The van der Waals surface area contributed by atoms with Crippen LogP contribution in [0.25, 0.3) is 28.0 Å². The molecule has 6 heteroatoms. The monoisotopic (exact) mass is 423 g/mol. The number of nitrogens with one attached hydrogen (secondary N) is 1. The lowest BCUT2D eigenvalue weighted by molar-refractivity contribution is -0.137. The van der Waals surface area contributed by atoms with E-state index in [1.165, 1.54) is 17.7 Å². The zero-order valence-corrected chi connectivity index (χ0v) is 17.3. The van der Waals surface area contributed by atoms with E-state index < -0.39 is 11.7 Å². The van der Waals surface area contributed by atoms with Gasteiger partial charge in [0.05, 0.1) is 11.3 Å². The van der Waals surface area contributed by atoms with Gasteiger partial charge >= 0.3 is 6.18 Å². The number of benzene rings is 1. The second kappa shape index (κ2) is 7.68. The van der Waals surface area contributed by atoms with Gasteiger partial charge in [-0.1, -0.05) is 25.1 Å². The summed E-state index contributed by atoms with van der Waals surface area (Å²) in [6.45, 7) is 4.44. The number of fused-ring (bicyclic) bond motifs is 1. The van der Waals surface area contributed by atoms with E-state index in [1.54, 1.807) is 18.5 Å². The van der Waals surface area contributed by atoms with Gasteiger partial charge in [-0.05, 0) is 59.7 Å². The van der Waals surface area contributed by atoms with Crippen molar-refractivity contribution >= 4 is 5.57 Å². The van der Waals surface area contributed by atoms with Crippen molar-refractivity contribution in [2.24, 2.45) is 5.92 Å². The summed E-state index contributed by atoms with van der Waals surface area (Å²) in [5.74, 6) is 0.687. The van der Waals surface area contributed by atoms with Crippen LogP contribution in [0.1, 0.15) is 30.9 Å². The number of nitrogens with zero attached hydrogens (tertiary/aromatic N) is 2. The Kier molecular flexibility index (Phi) is 4.97. The molecule has 160 valence electrons. The number of rotatable bonds is 3. The number of aromatic amines is 1. The predicted molar refractivity (Wildman–Crippen MR) is 116 cm³/mol. The summed E-state index contributed by atoms with van der Waals surface area (Å²) < 4.78 is 40.0. The lowest BCUT2D eigenvalue weighted by Crippen LogP contribution is -2.32. The van der Waals surface area contributed by atoms with E-state index in [1.807, 2.05) is 18.3 Å². The molecule has 2 aliphatic rings. The highest BCUT2D eigenvalue weighted by Crippen LogP contribution is 2.42. The van der Waals surface area contributed by atoms with Crippen LogP contribution in [0.3, 0.4) is 0 Å². The molecule has 1 N–H and O–H groups in total. The summed E-state index contributed by atoms with van der Waals surface area (Å²) in [5, 5.41) is 0. The van der Waals surface area contributed by atoms with Crippen LogP contribution in [-0.2, 0) is 6.18 Å². The second-order valence-electron chi connectivity index (χ2n) is 8.61. The van der Waals surface area contributed by atoms with Crippen LogP contribution < -0.4 is 0 Å². The quantitative estimate of drug-likeness (QED) is 0.539. The maximum atomic E-state index is 13.3. The van der Waals surface area contributed by atoms with Gasteiger partial charge in [-0.2, -0.15) is 13.2 Å². The molecule has 3 nitrogen and oxygen atoms in total. The first-order valence-electron chi connectivity index (χ1n) is 10.6. The van der Waals surface area contributed by atoms with Crippen LogP contribution >= 0.6 is 0 Å². The number of hydrogen-bond donors (Lipinski definition) is 1. The van der Waals surface area contributed by atoms with Gasteiger partial charge in [0.1, 0.15) is 0 Å². The SMILES string of the molecule is CC1CC2C=C(c3c[nH]c(-c4cccc(C(F)(F)F)c4)c3-c3ccncc3)CCN2C1. The van der Waals surface area contributed by atoms with Gasteiger partial charge in [0.2, 0.25) is 0 Å². The minimum absolute atomic E-state index is 0.441. The molecule has 2 aliphatic heterocycles. The molecule has 1 saturated heterocycles. The minimum atomic E-state index is -4.38. The highest BCUT2D eigenvalue weighted by Gasteiger charge is 2.33. The maximum Gasteiger partial charge on any atom is 0.416 e.